The summed E-state index contributed by atoms with van der Waals surface area (Å²) >= 11 is 0. The Morgan fingerprint density at radius 3 is 2.32 bits per heavy atom. The SMILES string of the molecule is Cc1ccc(-c2ncc3ccccc3n2)nc1Cc1ccc(C(C)(C)C)cc1. The van der Waals surface area contributed by atoms with E-state index >= 15 is 0 Å². The van der Waals surface area contributed by atoms with Gasteiger partial charge >= 0.3 is 0 Å². The third kappa shape index (κ3) is 3.79. The van der Waals surface area contributed by atoms with Gasteiger partial charge in [-0.3, -0.25) is 0 Å². The van der Waals surface area contributed by atoms with Crippen molar-refractivity contribution in [3.05, 3.63) is 89.2 Å². The molecule has 0 bridgehead atoms. The number of nitrogens with zero attached hydrogens (tertiary/aromatic N) is 3. The molecule has 2 heterocycles. The van der Waals surface area contributed by atoms with Gasteiger partial charge in [0.05, 0.1) is 5.52 Å². The Labute approximate surface area is 166 Å². The monoisotopic (exact) mass is 367 g/mol. The van der Waals surface area contributed by atoms with Crippen molar-refractivity contribution >= 4 is 10.9 Å². The molecule has 2 aromatic heterocycles. The van der Waals surface area contributed by atoms with E-state index in [1.807, 2.05) is 36.5 Å². The fraction of sp³-hybridized carbons (Fsp3) is 0.240. The third-order valence-corrected chi connectivity index (χ3v) is 5.11. The maximum absolute atomic E-state index is 4.89. The van der Waals surface area contributed by atoms with Crippen LogP contribution in [0.5, 0.6) is 0 Å². The van der Waals surface area contributed by atoms with Crippen LogP contribution in [-0.2, 0) is 11.8 Å². The van der Waals surface area contributed by atoms with E-state index in [1.54, 1.807) is 0 Å². The molecule has 3 nitrogen and oxygen atoms in total. The number of hydrogen-bond acceptors (Lipinski definition) is 3. The van der Waals surface area contributed by atoms with Crippen LogP contribution in [0.2, 0.25) is 0 Å². The van der Waals surface area contributed by atoms with E-state index in [1.165, 1.54) is 16.7 Å². The Morgan fingerprint density at radius 1 is 0.821 bits per heavy atom. The lowest BCUT2D eigenvalue weighted by atomic mass is 9.86. The number of fused-ring (bicyclic) bond motifs is 1. The van der Waals surface area contributed by atoms with Gasteiger partial charge in [0.2, 0.25) is 0 Å². The summed E-state index contributed by atoms with van der Waals surface area (Å²) in [5.74, 6) is 0.669. The average molecular weight is 367 g/mol. The van der Waals surface area contributed by atoms with Crippen LogP contribution in [0.4, 0.5) is 0 Å². The molecule has 140 valence electrons. The summed E-state index contributed by atoms with van der Waals surface area (Å²) < 4.78 is 0. The molecule has 0 N–H and O–H groups in total. The number of benzene rings is 2. The highest BCUT2D eigenvalue weighted by atomic mass is 14.9. The van der Waals surface area contributed by atoms with Crippen molar-refractivity contribution < 1.29 is 0 Å². The van der Waals surface area contributed by atoms with Gasteiger partial charge in [-0.1, -0.05) is 69.3 Å². The summed E-state index contributed by atoms with van der Waals surface area (Å²) in [4.78, 5) is 14.1. The van der Waals surface area contributed by atoms with Crippen molar-refractivity contribution in [2.45, 2.75) is 39.5 Å². The van der Waals surface area contributed by atoms with Crippen LogP contribution in [-0.4, -0.2) is 15.0 Å². The lowest BCUT2D eigenvalue weighted by Crippen LogP contribution is -2.10. The normalized spacial score (nSPS) is 11.7. The molecular weight excluding hydrogens is 342 g/mol. The van der Waals surface area contributed by atoms with Crippen LogP contribution < -0.4 is 0 Å². The number of aromatic nitrogens is 3. The summed E-state index contributed by atoms with van der Waals surface area (Å²) in [6.45, 7) is 8.82. The zero-order valence-corrected chi connectivity index (χ0v) is 16.9. The molecule has 0 amide bonds. The van der Waals surface area contributed by atoms with Crippen LogP contribution in [0.1, 0.15) is 43.2 Å². The highest BCUT2D eigenvalue weighted by molar-refractivity contribution is 5.79. The minimum Gasteiger partial charge on any atom is -0.249 e. The lowest BCUT2D eigenvalue weighted by Gasteiger charge is -2.19. The van der Waals surface area contributed by atoms with Crippen LogP contribution in [0.3, 0.4) is 0 Å². The summed E-state index contributed by atoms with van der Waals surface area (Å²) in [5.41, 5.74) is 6.79. The maximum atomic E-state index is 4.89. The first-order chi connectivity index (χ1) is 13.4. The van der Waals surface area contributed by atoms with Crippen molar-refractivity contribution in [3.63, 3.8) is 0 Å². The van der Waals surface area contributed by atoms with Gasteiger partial charge in [0.25, 0.3) is 0 Å². The molecule has 0 aliphatic heterocycles. The van der Waals surface area contributed by atoms with E-state index in [0.29, 0.717) is 5.82 Å². The third-order valence-electron chi connectivity index (χ3n) is 5.11. The van der Waals surface area contributed by atoms with Gasteiger partial charge in [-0.2, -0.15) is 0 Å². The Hall–Kier alpha value is -3.07. The van der Waals surface area contributed by atoms with Gasteiger partial charge in [0, 0.05) is 23.7 Å². The van der Waals surface area contributed by atoms with Crippen LogP contribution in [0.25, 0.3) is 22.4 Å². The summed E-state index contributed by atoms with van der Waals surface area (Å²) in [6.07, 6.45) is 2.67. The maximum Gasteiger partial charge on any atom is 0.178 e. The molecule has 0 radical (unpaired) electrons. The molecule has 0 fully saturated rings. The second kappa shape index (κ2) is 7.16. The predicted octanol–water partition coefficient (Wildman–Crippen LogP) is 5.89. The molecular formula is C25H25N3. The highest BCUT2D eigenvalue weighted by Crippen LogP contribution is 2.24. The molecule has 0 atom stereocenters. The highest BCUT2D eigenvalue weighted by Gasteiger charge is 2.13. The summed E-state index contributed by atoms with van der Waals surface area (Å²) in [6, 6.07) is 21.0. The fourth-order valence-corrected chi connectivity index (χ4v) is 3.29. The molecule has 0 aliphatic rings. The van der Waals surface area contributed by atoms with Crippen molar-refractivity contribution in [1.82, 2.24) is 15.0 Å². The molecule has 2 aromatic carbocycles. The van der Waals surface area contributed by atoms with Gasteiger partial charge in [0.15, 0.2) is 5.82 Å². The fourth-order valence-electron chi connectivity index (χ4n) is 3.29. The van der Waals surface area contributed by atoms with E-state index in [9.17, 15) is 0 Å². The first-order valence-electron chi connectivity index (χ1n) is 9.68. The second-order valence-corrected chi connectivity index (χ2v) is 8.34. The molecule has 4 rings (SSSR count). The first kappa shape index (κ1) is 18.3. The Morgan fingerprint density at radius 2 is 1.57 bits per heavy atom. The lowest BCUT2D eigenvalue weighted by molar-refractivity contribution is 0.590. The van der Waals surface area contributed by atoms with Gasteiger partial charge in [-0.25, -0.2) is 15.0 Å². The molecule has 4 aromatic rings. The van der Waals surface area contributed by atoms with E-state index in [2.05, 4.69) is 68.0 Å². The van der Waals surface area contributed by atoms with Crippen LogP contribution >= 0.6 is 0 Å². The van der Waals surface area contributed by atoms with Gasteiger partial charge in [-0.15, -0.1) is 0 Å². The van der Waals surface area contributed by atoms with Crippen molar-refractivity contribution in [2.24, 2.45) is 0 Å². The molecule has 0 saturated carbocycles. The minimum absolute atomic E-state index is 0.167. The summed E-state index contributed by atoms with van der Waals surface area (Å²) in [7, 11) is 0. The van der Waals surface area contributed by atoms with E-state index in [-0.39, 0.29) is 5.41 Å². The first-order valence-corrected chi connectivity index (χ1v) is 9.68. The molecule has 0 unspecified atom stereocenters. The molecule has 28 heavy (non-hydrogen) atoms. The van der Waals surface area contributed by atoms with E-state index in [0.717, 1.165) is 28.7 Å². The molecule has 0 aliphatic carbocycles. The van der Waals surface area contributed by atoms with E-state index in [4.69, 9.17) is 4.98 Å². The average Bonchev–Trinajstić information content (AvgIpc) is 2.69. The quantitative estimate of drug-likeness (QED) is 0.453. The smallest absolute Gasteiger partial charge is 0.178 e. The molecule has 0 spiro atoms. The predicted molar refractivity (Wildman–Crippen MR) is 115 cm³/mol. The summed E-state index contributed by atoms with van der Waals surface area (Å²) in [5, 5.41) is 1.04. The van der Waals surface area contributed by atoms with Gasteiger partial charge in [0.1, 0.15) is 5.69 Å². The van der Waals surface area contributed by atoms with Gasteiger partial charge < -0.3 is 0 Å². The second-order valence-electron chi connectivity index (χ2n) is 8.34. The van der Waals surface area contributed by atoms with Crippen molar-refractivity contribution in [1.29, 1.82) is 0 Å². The Bertz CT molecular complexity index is 1120. The Kier molecular flexibility index (Phi) is 4.68. The number of aryl methyl sites for hydroxylation is 1. The van der Waals surface area contributed by atoms with Gasteiger partial charge in [-0.05, 0) is 41.2 Å². The standard InChI is InChI=1S/C25H25N3/c1-17-9-14-22(24-26-16-19-7-5-6-8-21(19)28-24)27-23(17)15-18-10-12-20(13-11-18)25(2,3)4/h5-14,16H,15H2,1-4H3. The minimum atomic E-state index is 0.167. The van der Waals surface area contributed by atoms with Crippen molar-refractivity contribution in [2.75, 3.05) is 0 Å². The van der Waals surface area contributed by atoms with Crippen molar-refractivity contribution in [3.8, 4) is 11.5 Å². The van der Waals surface area contributed by atoms with E-state index < -0.39 is 0 Å². The van der Waals surface area contributed by atoms with Crippen LogP contribution in [0, 0.1) is 6.92 Å². The largest absolute Gasteiger partial charge is 0.249 e. The zero-order valence-electron chi connectivity index (χ0n) is 16.9. The topological polar surface area (TPSA) is 38.7 Å². The van der Waals surface area contributed by atoms with Crippen LogP contribution in [0.15, 0.2) is 66.9 Å². The zero-order chi connectivity index (χ0) is 19.7. The number of pyridine rings is 1. The number of para-hydroxylation sites is 1. The number of hydrogen-bond donors (Lipinski definition) is 0. The number of rotatable bonds is 3. The molecule has 0 saturated heterocycles. The Balaban J connectivity index is 1.65. The molecule has 3 heteroatoms.